The summed E-state index contributed by atoms with van der Waals surface area (Å²) in [7, 11) is 0. The molecule has 49 heavy (non-hydrogen) atoms. The largest absolute Gasteiger partial charge is 0.282 e. The van der Waals surface area contributed by atoms with E-state index in [4.69, 9.17) is 38.2 Å². The summed E-state index contributed by atoms with van der Waals surface area (Å²) >= 11 is 13.5. The van der Waals surface area contributed by atoms with Gasteiger partial charge in [0.2, 0.25) is 5.79 Å². The Bertz CT molecular complexity index is 2020. The van der Waals surface area contributed by atoms with Crippen LogP contribution in [-0.2, 0) is 12.2 Å². The third-order valence-corrected chi connectivity index (χ3v) is 9.24. The lowest BCUT2D eigenvalue weighted by atomic mass is 9.91. The van der Waals surface area contributed by atoms with E-state index in [1.165, 1.54) is 0 Å². The van der Waals surface area contributed by atoms with Crippen LogP contribution in [0.25, 0.3) is 22.5 Å². The molecule has 6 heteroatoms. The molecular weight excluding hydrogens is 643 g/mol. The lowest BCUT2D eigenvalue weighted by molar-refractivity contribution is 0.232. The van der Waals surface area contributed by atoms with Gasteiger partial charge in [0.15, 0.2) is 0 Å². The van der Waals surface area contributed by atoms with E-state index in [1.807, 2.05) is 104 Å². The van der Waals surface area contributed by atoms with Crippen molar-refractivity contribution >= 4 is 34.6 Å². The quantitative estimate of drug-likeness (QED) is 0.107. The first kappa shape index (κ1) is 32.5. The second kappa shape index (κ2) is 14.6. The highest BCUT2D eigenvalue weighted by Crippen LogP contribution is 2.47. The molecule has 7 rings (SSSR count). The maximum atomic E-state index is 7.29. The first-order chi connectivity index (χ1) is 24.0. The van der Waals surface area contributed by atoms with Crippen molar-refractivity contribution < 1.29 is 0 Å². The van der Waals surface area contributed by atoms with E-state index < -0.39 is 5.79 Å². The third kappa shape index (κ3) is 6.67. The topological polar surface area (TPSA) is 42.5 Å². The highest BCUT2D eigenvalue weighted by atomic mass is 35.5. The minimum absolute atomic E-state index is 0.0638. The van der Waals surface area contributed by atoms with Crippen LogP contribution in [-0.4, -0.2) is 31.7 Å². The van der Waals surface area contributed by atoms with Crippen molar-refractivity contribution in [3.05, 3.63) is 187 Å². The molecule has 2 heterocycles. The number of rotatable bonds is 10. The summed E-state index contributed by atoms with van der Waals surface area (Å²) in [4.78, 5) is 16.9. The predicted molar refractivity (Wildman–Crippen MR) is 206 cm³/mol. The van der Waals surface area contributed by atoms with Gasteiger partial charge in [-0.05, 0) is 6.92 Å². The van der Waals surface area contributed by atoms with Crippen LogP contribution in [0, 0.1) is 5.92 Å². The molecule has 1 aromatic heterocycles. The fourth-order valence-electron chi connectivity index (χ4n) is 6.46. The van der Waals surface area contributed by atoms with Crippen LogP contribution in [0.1, 0.15) is 23.9 Å². The zero-order chi connectivity index (χ0) is 33.6. The number of benzene rings is 4. The second-order valence-corrected chi connectivity index (χ2v) is 13.3. The van der Waals surface area contributed by atoms with Crippen LogP contribution < -0.4 is 0 Å². The van der Waals surface area contributed by atoms with Gasteiger partial charge in [0, 0.05) is 34.1 Å². The number of hydrogen-bond donors (Lipinski definition) is 0. The van der Waals surface area contributed by atoms with Gasteiger partial charge in [0.25, 0.3) is 0 Å². The summed E-state index contributed by atoms with van der Waals surface area (Å²) in [5.74, 6) is -0.722. The monoisotopic (exact) mass is 678 g/mol. The molecule has 5 aromatic rings. The van der Waals surface area contributed by atoms with Crippen molar-refractivity contribution in [2.24, 2.45) is 15.9 Å². The molecule has 0 fully saturated rings. The average molecular weight is 680 g/mol. The number of hydrogen-bond acceptors (Lipinski definition) is 3. The molecule has 0 amide bonds. The molecule has 1 aliphatic heterocycles. The second-order valence-electron chi connectivity index (χ2n) is 12.1. The summed E-state index contributed by atoms with van der Waals surface area (Å²) in [6.45, 7) is 1.94. The average Bonchev–Trinajstić information content (AvgIpc) is 3.74. The van der Waals surface area contributed by atoms with E-state index in [9.17, 15) is 0 Å². The zero-order valence-corrected chi connectivity index (χ0v) is 28.7. The molecule has 242 valence electrons. The van der Waals surface area contributed by atoms with E-state index in [0.29, 0.717) is 6.42 Å². The van der Waals surface area contributed by atoms with Crippen molar-refractivity contribution in [1.82, 2.24) is 9.55 Å². The van der Waals surface area contributed by atoms with Crippen LogP contribution in [0.3, 0.4) is 0 Å². The Labute approximate surface area is 298 Å². The maximum absolute atomic E-state index is 7.29. The van der Waals surface area contributed by atoms with Gasteiger partial charge in [0.1, 0.15) is 5.82 Å². The summed E-state index contributed by atoms with van der Waals surface area (Å²) in [5, 5.41) is -0.446. The molecule has 4 aromatic carbocycles. The molecular formula is C43H36Cl2N4. The minimum atomic E-state index is -1.21. The van der Waals surface area contributed by atoms with Crippen LogP contribution in [0.2, 0.25) is 0 Å². The lowest BCUT2D eigenvalue weighted by Crippen LogP contribution is -2.42. The van der Waals surface area contributed by atoms with Crippen LogP contribution >= 0.6 is 23.2 Å². The molecule has 0 N–H and O–H groups in total. The highest BCUT2D eigenvalue weighted by Gasteiger charge is 2.50. The molecule has 4 nitrogen and oxygen atoms in total. The summed E-state index contributed by atoms with van der Waals surface area (Å²) in [6.07, 6.45) is 16.8. The number of aliphatic imine (C=N–C) groups is 2. The number of alkyl halides is 2. The number of halogens is 2. The molecule has 0 saturated heterocycles. The normalized spacial score (nSPS) is 19.0. The fourth-order valence-corrected chi connectivity index (χ4v) is 6.88. The SMILES string of the molecule is C[C@@H](Cl)/C=C\C=C/Cc1nc(-c2ccccc2)c(-c2ccccc2)n1C1(C2C=CC=C[C@@H]2Cl)N=C(c2ccccc2)C(c2ccccc2)=N1. The van der Waals surface area contributed by atoms with Gasteiger partial charge in [-0.1, -0.05) is 170 Å². The van der Waals surface area contributed by atoms with Gasteiger partial charge < -0.3 is 0 Å². The van der Waals surface area contributed by atoms with Gasteiger partial charge in [-0.2, -0.15) is 0 Å². The maximum Gasteiger partial charge on any atom is 0.242 e. The number of aromatic nitrogens is 2. The summed E-state index contributed by atoms with van der Waals surface area (Å²) in [6, 6.07) is 41.3. The van der Waals surface area contributed by atoms with Crippen molar-refractivity contribution in [3.63, 3.8) is 0 Å². The summed E-state index contributed by atoms with van der Waals surface area (Å²) < 4.78 is 2.26. The molecule has 0 bridgehead atoms. The van der Waals surface area contributed by atoms with Crippen LogP contribution in [0.15, 0.2) is 180 Å². The van der Waals surface area contributed by atoms with E-state index in [-0.39, 0.29) is 16.7 Å². The molecule has 1 unspecified atom stereocenters. The zero-order valence-electron chi connectivity index (χ0n) is 27.1. The van der Waals surface area contributed by atoms with Crippen molar-refractivity contribution in [1.29, 1.82) is 0 Å². The molecule has 0 radical (unpaired) electrons. The van der Waals surface area contributed by atoms with Crippen LogP contribution in [0.4, 0.5) is 0 Å². The lowest BCUT2D eigenvalue weighted by Gasteiger charge is -2.37. The van der Waals surface area contributed by atoms with E-state index >= 15 is 0 Å². The van der Waals surface area contributed by atoms with Crippen molar-refractivity contribution in [2.45, 2.75) is 29.9 Å². The highest BCUT2D eigenvalue weighted by molar-refractivity contribution is 6.54. The van der Waals surface area contributed by atoms with Crippen molar-refractivity contribution in [3.8, 4) is 22.5 Å². The Morgan fingerprint density at radius 3 is 1.73 bits per heavy atom. The Hall–Kier alpha value is -5.03. The van der Waals surface area contributed by atoms with Gasteiger partial charge >= 0.3 is 0 Å². The Balaban J connectivity index is 1.58. The predicted octanol–water partition coefficient (Wildman–Crippen LogP) is 10.5. The summed E-state index contributed by atoms with van der Waals surface area (Å²) in [5.41, 5.74) is 7.42. The minimum Gasteiger partial charge on any atom is -0.282 e. The first-order valence-corrected chi connectivity index (χ1v) is 17.4. The van der Waals surface area contributed by atoms with Crippen molar-refractivity contribution in [2.75, 3.05) is 0 Å². The van der Waals surface area contributed by atoms with Gasteiger partial charge in [-0.15, -0.1) is 23.2 Å². The fraction of sp³-hybridized carbons (Fsp3) is 0.140. The van der Waals surface area contributed by atoms with Gasteiger partial charge in [0.05, 0.1) is 34.1 Å². The van der Waals surface area contributed by atoms with Gasteiger partial charge in [-0.3, -0.25) is 4.57 Å². The smallest absolute Gasteiger partial charge is 0.242 e. The Morgan fingerprint density at radius 1 is 0.694 bits per heavy atom. The number of nitrogens with zero attached hydrogens (tertiary/aromatic N) is 4. The third-order valence-electron chi connectivity index (χ3n) is 8.68. The van der Waals surface area contributed by atoms with E-state index in [1.54, 1.807) is 0 Å². The Morgan fingerprint density at radius 2 is 1.20 bits per heavy atom. The number of imidazole rings is 1. The molecule has 2 aliphatic rings. The van der Waals surface area contributed by atoms with Crippen LogP contribution in [0.5, 0.6) is 0 Å². The number of allylic oxidation sites excluding steroid dienone is 7. The molecule has 0 saturated carbocycles. The molecule has 3 atom stereocenters. The van der Waals surface area contributed by atoms with Gasteiger partial charge in [-0.25, -0.2) is 15.0 Å². The standard InChI is InChI=1S/C43H36Cl2N4/c1-31(44)19-7-2-16-30-38-46-41(34-24-12-5-13-25-34)42(35-26-14-6-15-27-35)49(38)43(36-28-17-18-29-37(36)45)47-39(32-20-8-3-9-21-32)40(48-43)33-22-10-4-11-23-33/h2-29,31,36-37H,30H2,1H3/b16-2-,19-7-/t31-,36?,37+/m1/s1. The Kier molecular flexibility index (Phi) is 9.70. The van der Waals surface area contributed by atoms with E-state index in [2.05, 4.69) is 77.4 Å². The first-order valence-electron chi connectivity index (χ1n) is 16.6. The molecule has 0 spiro atoms. The molecule has 1 aliphatic carbocycles. The van der Waals surface area contributed by atoms with E-state index in [0.717, 1.165) is 50.9 Å².